The summed E-state index contributed by atoms with van der Waals surface area (Å²) in [5.41, 5.74) is -0.565. The highest BCUT2D eigenvalue weighted by Gasteiger charge is 2.41. The number of fused-ring (bicyclic) bond motifs is 1. The van der Waals surface area contributed by atoms with Crippen LogP contribution in [-0.4, -0.2) is 34.5 Å². The van der Waals surface area contributed by atoms with E-state index in [0.717, 1.165) is 12.8 Å². The number of aromatic hydroxyl groups is 1. The number of nitrogens with one attached hydrogen (secondary N) is 2. The Kier molecular flexibility index (Phi) is 12.4. The van der Waals surface area contributed by atoms with E-state index in [1.165, 1.54) is 16.7 Å². The van der Waals surface area contributed by atoms with Crippen molar-refractivity contribution < 1.29 is 19.1 Å². The number of hydrogen-bond acceptors (Lipinski definition) is 5. The van der Waals surface area contributed by atoms with Gasteiger partial charge in [0, 0.05) is 6.54 Å². The van der Waals surface area contributed by atoms with E-state index in [0.29, 0.717) is 30.3 Å². The summed E-state index contributed by atoms with van der Waals surface area (Å²) in [6.45, 7) is 11.7. The molecule has 1 aliphatic rings. The lowest BCUT2D eigenvalue weighted by Gasteiger charge is -2.41. The molecule has 0 radical (unpaired) electrons. The molecule has 0 fully saturated rings. The third-order valence-electron chi connectivity index (χ3n) is 5.96. The number of Topliss-reactive ketones (excluding diaryl/α,β-unsaturated/α-hetero) is 1. The fraction of sp³-hybridized carbons (Fsp3) is 0.519. The fourth-order valence-corrected chi connectivity index (χ4v) is 4.36. The highest BCUT2D eigenvalue weighted by molar-refractivity contribution is 6.04. The number of pyridine rings is 1. The Hall–Kier alpha value is -3.00. The van der Waals surface area contributed by atoms with E-state index < -0.39 is 22.9 Å². The summed E-state index contributed by atoms with van der Waals surface area (Å²) < 4.78 is 13.8. The third kappa shape index (κ3) is 6.57. The summed E-state index contributed by atoms with van der Waals surface area (Å²) in [7, 11) is 0. The quantitative estimate of drug-likeness (QED) is 0.406. The first kappa shape index (κ1) is 30.0. The molecule has 7 nitrogen and oxygen atoms in total. The number of hydrogen-bond donors (Lipinski definition) is 3. The van der Waals surface area contributed by atoms with Crippen molar-refractivity contribution >= 4 is 11.7 Å². The lowest BCUT2D eigenvalue weighted by molar-refractivity contribution is 0.0833. The van der Waals surface area contributed by atoms with Crippen LogP contribution in [0.5, 0.6) is 5.75 Å². The van der Waals surface area contributed by atoms with Gasteiger partial charge in [-0.25, -0.2) is 4.39 Å². The largest absolute Gasteiger partial charge is 0.502 e. The number of halogens is 1. The van der Waals surface area contributed by atoms with Crippen LogP contribution in [0.4, 0.5) is 4.39 Å². The van der Waals surface area contributed by atoms with Gasteiger partial charge in [0.1, 0.15) is 0 Å². The predicted molar refractivity (Wildman–Crippen MR) is 139 cm³/mol. The molecule has 0 saturated carbocycles. The van der Waals surface area contributed by atoms with E-state index in [1.807, 2.05) is 40.7 Å². The lowest BCUT2D eigenvalue weighted by atomic mass is 9.91. The van der Waals surface area contributed by atoms with Crippen molar-refractivity contribution in [3.63, 3.8) is 0 Å². The van der Waals surface area contributed by atoms with Crippen molar-refractivity contribution in [2.45, 2.75) is 79.3 Å². The average Bonchev–Trinajstić information content (AvgIpc) is 2.87. The second-order valence-electron chi connectivity index (χ2n) is 8.01. The van der Waals surface area contributed by atoms with Crippen molar-refractivity contribution in [3.05, 3.63) is 63.4 Å². The van der Waals surface area contributed by atoms with Crippen LogP contribution in [0.15, 0.2) is 41.0 Å². The topological polar surface area (TPSA) is 100 Å². The molecule has 1 aliphatic heterocycles. The molecule has 1 amide bonds. The molecule has 1 aromatic heterocycles. The molecule has 35 heavy (non-hydrogen) atoms. The zero-order valence-corrected chi connectivity index (χ0v) is 21.8. The molecular weight excluding hydrogens is 449 g/mol. The van der Waals surface area contributed by atoms with Crippen molar-refractivity contribution in [3.8, 4) is 5.75 Å². The van der Waals surface area contributed by atoms with E-state index in [1.54, 1.807) is 13.0 Å². The maximum Gasteiger partial charge on any atom is 0.295 e. The van der Waals surface area contributed by atoms with Gasteiger partial charge in [0.15, 0.2) is 11.5 Å². The minimum atomic E-state index is -0.801. The number of nitrogens with zero attached hydrogens (tertiary/aromatic N) is 1. The van der Waals surface area contributed by atoms with Crippen molar-refractivity contribution in [2.24, 2.45) is 0 Å². The van der Waals surface area contributed by atoms with Crippen molar-refractivity contribution in [1.29, 1.82) is 0 Å². The monoisotopic (exact) mass is 489 g/mol. The summed E-state index contributed by atoms with van der Waals surface area (Å²) in [4.78, 5) is 39.3. The summed E-state index contributed by atoms with van der Waals surface area (Å²) >= 11 is 0. The molecule has 3 N–H and O–H groups in total. The van der Waals surface area contributed by atoms with Gasteiger partial charge in [0.25, 0.3) is 11.5 Å². The number of aromatic nitrogens is 1. The molecule has 0 saturated heterocycles. The molecule has 8 heteroatoms. The van der Waals surface area contributed by atoms with Crippen LogP contribution in [-0.2, 0) is 12.1 Å². The summed E-state index contributed by atoms with van der Waals surface area (Å²) in [6, 6.07) is 0. The minimum absolute atomic E-state index is 0.0520. The number of rotatable bonds is 10. The van der Waals surface area contributed by atoms with E-state index in [-0.39, 0.29) is 36.6 Å². The molecule has 2 rings (SSSR count). The summed E-state index contributed by atoms with van der Waals surface area (Å²) in [6.07, 6.45) is 9.70. The summed E-state index contributed by atoms with van der Waals surface area (Å²) in [5.74, 6) is -1.62. The zero-order chi connectivity index (χ0) is 26.6. The summed E-state index contributed by atoms with van der Waals surface area (Å²) in [5, 5.41) is 16.7. The van der Waals surface area contributed by atoms with E-state index in [2.05, 4.69) is 10.6 Å². The molecule has 1 unspecified atom stereocenters. The van der Waals surface area contributed by atoms with Crippen LogP contribution in [0.25, 0.3) is 0 Å². The van der Waals surface area contributed by atoms with Crippen LogP contribution >= 0.6 is 0 Å². The van der Waals surface area contributed by atoms with Gasteiger partial charge in [-0.3, -0.25) is 24.3 Å². The fourth-order valence-electron chi connectivity index (χ4n) is 4.36. The van der Waals surface area contributed by atoms with Crippen LogP contribution < -0.4 is 16.2 Å². The number of ketones is 1. The first-order valence-corrected chi connectivity index (χ1v) is 12.5. The second kappa shape index (κ2) is 14.4. The molecule has 194 valence electrons. The zero-order valence-electron chi connectivity index (χ0n) is 21.8. The van der Waals surface area contributed by atoms with Gasteiger partial charge in [0.05, 0.1) is 29.8 Å². The normalized spacial score (nSPS) is 17.9. The molecule has 0 aliphatic carbocycles. The van der Waals surface area contributed by atoms with Gasteiger partial charge in [-0.15, -0.1) is 0 Å². The van der Waals surface area contributed by atoms with Gasteiger partial charge in [0.2, 0.25) is 0 Å². The number of carbonyl (C=O) groups is 2. The van der Waals surface area contributed by atoms with Gasteiger partial charge >= 0.3 is 0 Å². The van der Waals surface area contributed by atoms with Gasteiger partial charge < -0.3 is 10.4 Å². The van der Waals surface area contributed by atoms with Crippen LogP contribution in [0, 0.1) is 0 Å². The van der Waals surface area contributed by atoms with E-state index >= 15 is 0 Å². The van der Waals surface area contributed by atoms with Gasteiger partial charge in [-0.05, 0) is 42.9 Å². The molecule has 0 spiro atoms. The second-order valence-corrected chi connectivity index (χ2v) is 8.01. The lowest BCUT2D eigenvalue weighted by Crippen LogP contribution is -2.59. The maximum atomic E-state index is 13.3. The number of amides is 1. The Morgan fingerprint density at radius 1 is 1.23 bits per heavy atom. The number of allylic oxidation sites excluding steroid dienone is 3. The third-order valence-corrected chi connectivity index (χ3v) is 5.96. The SMILES string of the molecule is CC.CC/C=C/C(=C\C=C\F)CNC(=O)c1c(CC)c2n(c(=O)c1O)C(CC)(CCC)NCC2=O. The van der Waals surface area contributed by atoms with Crippen molar-refractivity contribution in [2.75, 3.05) is 13.1 Å². The van der Waals surface area contributed by atoms with Crippen LogP contribution in [0.2, 0.25) is 0 Å². The van der Waals surface area contributed by atoms with E-state index in [9.17, 15) is 23.9 Å². The molecule has 1 atom stereocenters. The highest BCUT2D eigenvalue weighted by Crippen LogP contribution is 2.32. The van der Waals surface area contributed by atoms with Gasteiger partial charge in [-0.2, -0.15) is 0 Å². The standard InChI is InChI=1S/C25H34FN3O4.C2H6/c1-5-9-11-17(12-10-14-26)15-27-23(32)20-18(7-3)21-19(30)16-28-25(8-4,13-6-2)29(21)24(33)22(20)31;1-2/h9-12,14,28,31H,5-8,13,15-16H2,1-4H3,(H,27,32);1-2H3/b11-9+,14-10+,17-12+;. The van der Waals surface area contributed by atoms with Crippen molar-refractivity contribution in [1.82, 2.24) is 15.2 Å². The molecule has 0 aromatic carbocycles. The Morgan fingerprint density at radius 2 is 1.91 bits per heavy atom. The minimum Gasteiger partial charge on any atom is -0.502 e. The molecular formula is C27H40FN3O4. The highest BCUT2D eigenvalue weighted by atomic mass is 19.1. The molecule has 1 aromatic rings. The maximum absolute atomic E-state index is 13.3. The molecule has 2 heterocycles. The first-order chi connectivity index (χ1) is 16.8. The van der Waals surface area contributed by atoms with E-state index in [4.69, 9.17) is 0 Å². The average molecular weight is 490 g/mol. The van der Waals surface area contributed by atoms with Crippen LogP contribution in [0.1, 0.15) is 93.6 Å². The number of carbonyl (C=O) groups excluding carboxylic acids is 2. The first-order valence-electron chi connectivity index (χ1n) is 12.5. The van der Waals surface area contributed by atoms with Gasteiger partial charge in [-0.1, -0.05) is 66.2 Å². The smallest absolute Gasteiger partial charge is 0.295 e. The Morgan fingerprint density at radius 3 is 2.46 bits per heavy atom. The van der Waals surface area contributed by atoms with Crippen LogP contribution in [0.3, 0.4) is 0 Å². The Balaban J connectivity index is 0.00000298. The Bertz CT molecular complexity index is 1040. The Labute approximate surface area is 207 Å². The molecule has 0 bridgehead atoms. The predicted octanol–water partition coefficient (Wildman–Crippen LogP) is 4.90.